The minimum Gasteiger partial charge on any atom is -0.349 e. The Balaban J connectivity index is 1.71. The first-order valence-electron chi connectivity index (χ1n) is 8.47. The molecule has 1 atom stereocenters. The average molecular weight is 351 g/mol. The molecule has 0 saturated heterocycles. The van der Waals surface area contributed by atoms with Gasteiger partial charge in [-0.05, 0) is 30.2 Å². The van der Waals surface area contributed by atoms with Crippen molar-refractivity contribution in [2.75, 3.05) is 5.32 Å². The Morgan fingerprint density at radius 3 is 2.58 bits per heavy atom. The molecule has 2 aromatic carbocycles. The molecule has 26 heavy (non-hydrogen) atoms. The van der Waals surface area contributed by atoms with Gasteiger partial charge in [0.15, 0.2) is 0 Å². The maximum atomic E-state index is 12.5. The molecular weight excluding hydrogens is 330 g/mol. The van der Waals surface area contributed by atoms with Crippen molar-refractivity contribution >= 4 is 23.4 Å². The van der Waals surface area contributed by atoms with Gasteiger partial charge in [-0.25, -0.2) is 0 Å². The van der Waals surface area contributed by atoms with Gasteiger partial charge in [0.2, 0.25) is 11.8 Å². The number of aryl methyl sites for hydroxylation is 1. The third-order valence-corrected chi connectivity index (χ3v) is 4.32. The molecule has 6 nitrogen and oxygen atoms in total. The monoisotopic (exact) mass is 351 g/mol. The van der Waals surface area contributed by atoms with E-state index in [-0.39, 0.29) is 24.1 Å². The molecule has 1 heterocycles. The van der Waals surface area contributed by atoms with Gasteiger partial charge in [0.05, 0.1) is 12.5 Å². The maximum Gasteiger partial charge on any atom is 0.251 e. The van der Waals surface area contributed by atoms with E-state index in [0.717, 1.165) is 16.7 Å². The second kappa shape index (κ2) is 7.39. The van der Waals surface area contributed by atoms with E-state index in [4.69, 9.17) is 0 Å². The van der Waals surface area contributed by atoms with Gasteiger partial charge in [-0.1, -0.05) is 35.9 Å². The molecule has 2 aromatic rings. The van der Waals surface area contributed by atoms with Crippen molar-refractivity contribution in [2.45, 2.75) is 32.9 Å². The molecule has 3 amide bonds. The second-order valence-corrected chi connectivity index (χ2v) is 6.47. The summed E-state index contributed by atoms with van der Waals surface area (Å²) < 4.78 is 0. The number of hydrogen-bond acceptors (Lipinski definition) is 3. The molecule has 1 aliphatic rings. The molecule has 0 bridgehead atoms. The zero-order chi connectivity index (χ0) is 18.7. The number of rotatable bonds is 5. The molecule has 3 N–H and O–H groups in total. The van der Waals surface area contributed by atoms with E-state index in [0.29, 0.717) is 17.8 Å². The molecule has 1 unspecified atom stereocenters. The van der Waals surface area contributed by atoms with Crippen LogP contribution in [0.1, 0.15) is 46.4 Å². The first-order valence-corrected chi connectivity index (χ1v) is 8.47. The summed E-state index contributed by atoms with van der Waals surface area (Å²) in [5.74, 6) is -0.563. The molecule has 0 radical (unpaired) electrons. The predicted molar refractivity (Wildman–Crippen MR) is 98.6 cm³/mol. The van der Waals surface area contributed by atoms with E-state index >= 15 is 0 Å². The summed E-state index contributed by atoms with van der Waals surface area (Å²) in [6, 6.07) is 12.6. The third-order valence-electron chi connectivity index (χ3n) is 4.32. The van der Waals surface area contributed by atoms with E-state index < -0.39 is 6.04 Å². The summed E-state index contributed by atoms with van der Waals surface area (Å²) in [6.45, 7) is 3.92. The number of fused-ring (bicyclic) bond motifs is 1. The molecule has 6 heteroatoms. The molecule has 1 aliphatic heterocycles. The highest BCUT2D eigenvalue weighted by Crippen LogP contribution is 2.22. The highest BCUT2D eigenvalue weighted by atomic mass is 16.2. The quantitative estimate of drug-likeness (QED) is 0.773. The van der Waals surface area contributed by atoms with Crippen LogP contribution < -0.4 is 16.0 Å². The van der Waals surface area contributed by atoms with Crippen molar-refractivity contribution in [3.63, 3.8) is 0 Å². The minimum atomic E-state index is -0.411. The standard InChI is InChI=1S/C20H21N3O3/c1-12-3-5-14(6-4-12)18(22-13(2)24)10-19(25)23-16-8-7-15-11-21-20(26)17(15)9-16/h3-9,18H,10-11H2,1-2H3,(H,21,26)(H,22,24)(H,23,25). The predicted octanol–water partition coefficient (Wildman–Crippen LogP) is 2.44. The Morgan fingerprint density at radius 2 is 1.88 bits per heavy atom. The van der Waals surface area contributed by atoms with Gasteiger partial charge in [-0.3, -0.25) is 14.4 Å². The van der Waals surface area contributed by atoms with Crippen molar-refractivity contribution in [3.8, 4) is 0 Å². The van der Waals surface area contributed by atoms with Crippen LogP contribution in [0.15, 0.2) is 42.5 Å². The van der Waals surface area contributed by atoms with E-state index in [1.807, 2.05) is 37.3 Å². The number of amides is 3. The number of hydrogen-bond donors (Lipinski definition) is 3. The van der Waals surface area contributed by atoms with Crippen LogP contribution in [-0.4, -0.2) is 17.7 Å². The number of anilines is 1. The van der Waals surface area contributed by atoms with Gasteiger partial charge in [0, 0.05) is 24.7 Å². The molecule has 0 aromatic heterocycles. The van der Waals surface area contributed by atoms with Crippen LogP contribution in [0.25, 0.3) is 0 Å². The van der Waals surface area contributed by atoms with Crippen molar-refractivity contribution in [1.29, 1.82) is 0 Å². The molecule has 0 spiro atoms. The highest BCUT2D eigenvalue weighted by Gasteiger charge is 2.20. The maximum absolute atomic E-state index is 12.5. The SMILES string of the molecule is CC(=O)NC(CC(=O)Nc1ccc2c(c1)C(=O)NC2)c1ccc(C)cc1. The number of nitrogens with one attached hydrogen (secondary N) is 3. The summed E-state index contributed by atoms with van der Waals surface area (Å²) >= 11 is 0. The summed E-state index contributed by atoms with van der Waals surface area (Å²) in [4.78, 5) is 35.7. The van der Waals surface area contributed by atoms with Crippen molar-refractivity contribution in [2.24, 2.45) is 0 Å². The Hall–Kier alpha value is -3.15. The lowest BCUT2D eigenvalue weighted by Gasteiger charge is -2.18. The Bertz CT molecular complexity index is 859. The van der Waals surface area contributed by atoms with Crippen LogP contribution in [0.4, 0.5) is 5.69 Å². The Labute approximate surface area is 152 Å². The van der Waals surface area contributed by atoms with Crippen molar-refractivity contribution in [3.05, 3.63) is 64.7 Å². The van der Waals surface area contributed by atoms with E-state index in [2.05, 4.69) is 16.0 Å². The lowest BCUT2D eigenvalue weighted by atomic mass is 10.0. The zero-order valence-electron chi connectivity index (χ0n) is 14.8. The summed E-state index contributed by atoms with van der Waals surface area (Å²) in [5.41, 5.74) is 4.05. The van der Waals surface area contributed by atoms with Gasteiger partial charge in [0.1, 0.15) is 0 Å². The summed E-state index contributed by atoms with van der Waals surface area (Å²) in [6.07, 6.45) is 0.103. The fourth-order valence-corrected chi connectivity index (χ4v) is 2.98. The lowest BCUT2D eigenvalue weighted by Crippen LogP contribution is -2.29. The Kier molecular flexibility index (Phi) is 5.02. The van der Waals surface area contributed by atoms with Crippen LogP contribution in [0.2, 0.25) is 0 Å². The lowest BCUT2D eigenvalue weighted by molar-refractivity contribution is -0.120. The van der Waals surface area contributed by atoms with Crippen LogP contribution in [0.3, 0.4) is 0 Å². The molecule has 3 rings (SSSR count). The normalized spacial score (nSPS) is 13.5. The van der Waals surface area contributed by atoms with Gasteiger partial charge >= 0.3 is 0 Å². The smallest absolute Gasteiger partial charge is 0.251 e. The van der Waals surface area contributed by atoms with Gasteiger partial charge in [-0.2, -0.15) is 0 Å². The summed E-state index contributed by atoms with van der Waals surface area (Å²) in [5, 5.41) is 8.37. The summed E-state index contributed by atoms with van der Waals surface area (Å²) in [7, 11) is 0. The van der Waals surface area contributed by atoms with E-state index in [1.165, 1.54) is 6.92 Å². The third kappa shape index (κ3) is 4.08. The van der Waals surface area contributed by atoms with Gasteiger partial charge < -0.3 is 16.0 Å². The second-order valence-electron chi connectivity index (χ2n) is 6.47. The van der Waals surface area contributed by atoms with Crippen molar-refractivity contribution in [1.82, 2.24) is 10.6 Å². The van der Waals surface area contributed by atoms with E-state index in [9.17, 15) is 14.4 Å². The highest BCUT2D eigenvalue weighted by molar-refractivity contribution is 6.00. The molecule has 0 aliphatic carbocycles. The molecule has 0 saturated carbocycles. The van der Waals surface area contributed by atoms with Gasteiger partial charge in [0.25, 0.3) is 5.91 Å². The first-order chi connectivity index (χ1) is 12.4. The van der Waals surface area contributed by atoms with Crippen LogP contribution in [0.5, 0.6) is 0 Å². The number of carbonyl (C=O) groups is 3. The first kappa shape index (κ1) is 17.7. The fourth-order valence-electron chi connectivity index (χ4n) is 2.98. The molecule has 0 fully saturated rings. The van der Waals surface area contributed by atoms with Crippen LogP contribution in [-0.2, 0) is 16.1 Å². The largest absolute Gasteiger partial charge is 0.349 e. The van der Waals surface area contributed by atoms with E-state index in [1.54, 1.807) is 12.1 Å². The zero-order valence-corrected chi connectivity index (χ0v) is 14.8. The van der Waals surface area contributed by atoms with Crippen LogP contribution >= 0.6 is 0 Å². The molecular formula is C20H21N3O3. The average Bonchev–Trinajstić information content (AvgIpc) is 2.95. The number of benzene rings is 2. The van der Waals surface area contributed by atoms with Crippen LogP contribution in [0, 0.1) is 6.92 Å². The Morgan fingerprint density at radius 1 is 1.15 bits per heavy atom. The fraction of sp³-hybridized carbons (Fsp3) is 0.250. The molecule has 134 valence electrons. The van der Waals surface area contributed by atoms with Gasteiger partial charge in [-0.15, -0.1) is 0 Å². The van der Waals surface area contributed by atoms with Crippen molar-refractivity contribution < 1.29 is 14.4 Å². The minimum absolute atomic E-state index is 0.103. The topological polar surface area (TPSA) is 87.3 Å². The number of carbonyl (C=O) groups excluding carboxylic acids is 3.